The molecule has 1 aliphatic carbocycles. The van der Waals surface area contributed by atoms with Gasteiger partial charge in [-0.05, 0) is 37.0 Å². The van der Waals surface area contributed by atoms with Gasteiger partial charge in [0.25, 0.3) is 0 Å². The van der Waals surface area contributed by atoms with Crippen LogP contribution in [0.25, 0.3) is 0 Å². The van der Waals surface area contributed by atoms with Gasteiger partial charge in [-0.1, -0.05) is 44.4 Å². The van der Waals surface area contributed by atoms with Crippen molar-refractivity contribution >= 4 is 17.3 Å². The fraction of sp³-hybridized carbons (Fsp3) is 0.647. The molecule has 1 aliphatic rings. The van der Waals surface area contributed by atoms with E-state index in [0.29, 0.717) is 0 Å². The Hall–Kier alpha value is -0.730. The molecule has 0 unspecified atom stereocenters. The van der Waals surface area contributed by atoms with Crippen LogP contribution in [0.3, 0.4) is 0 Å². The van der Waals surface area contributed by atoms with Gasteiger partial charge in [-0.25, -0.2) is 0 Å². The van der Waals surface area contributed by atoms with Crippen molar-refractivity contribution in [1.29, 1.82) is 0 Å². The van der Waals surface area contributed by atoms with Gasteiger partial charge in [0.05, 0.1) is 0 Å². The third kappa shape index (κ3) is 4.99. The fourth-order valence-electron chi connectivity index (χ4n) is 3.10. The first-order valence-corrected chi connectivity index (χ1v) is 8.26. The lowest BCUT2D eigenvalue weighted by molar-refractivity contribution is 0.184. The molecule has 0 aliphatic heterocycles. The molecule has 1 aromatic rings. The molecule has 0 aromatic heterocycles. The molecule has 0 bridgehead atoms. The van der Waals surface area contributed by atoms with Crippen molar-refractivity contribution in [2.45, 2.75) is 45.6 Å². The van der Waals surface area contributed by atoms with E-state index in [0.717, 1.165) is 35.8 Å². The van der Waals surface area contributed by atoms with Crippen molar-refractivity contribution in [3.8, 4) is 0 Å². The SMILES string of the molecule is CC(C)CN(CCNc1cccc(Cl)c1)C1CCCC1. The fourth-order valence-corrected chi connectivity index (χ4v) is 3.29. The molecule has 0 amide bonds. The van der Waals surface area contributed by atoms with Gasteiger partial charge in [0.2, 0.25) is 0 Å². The Morgan fingerprint density at radius 2 is 2.05 bits per heavy atom. The predicted octanol–water partition coefficient (Wildman–Crippen LogP) is 4.65. The Balaban J connectivity index is 1.81. The van der Waals surface area contributed by atoms with E-state index in [4.69, 9.17) is 11.6 Å². The molecule has 1 N–H and O–H groups in total. The van der Waals surface area contributed by atoms with Crippen LogP contribution in [0.4, 0.5) is 5.69 Å². The Morgan fingerprint density at radius 3 is 2.70 bits per heavy atom. The van der Waals surface area contributed by atoms with Gasteiger partial charge < -0.3 is 5.32 Å². The number of nitrogens with zero attached hydrogens (tertiary/aromatic N) is 1. The molecular formula is C17H27ClN2. The highest BCUT2D eigenvalue weighted by molar-refractivity contribution is 6.30. The molecule has 2 rings (SSSR count). The Kier molecular flexibility index (Phi) is 6.18. The Morgan fingerprint density at radius 1 is 1.30 bits per heavy atom. The first kappa shape index (κ1) is 15.7. The smallest absolute Gasteiger partial charge is 0.0426 e. The van der Waals surface area contributed by atoms with E-state index < -0.39 is 0 Å². The molecule has 1 saturated carbocycles. The average molecular weight is 295 g/mol. The number of hydrogen-bond donors (Lipinski definition) is 1. The quantitative estimate of drug-likeness (QED) is 0.787. The van der Waals surface area contributed by atoms with Gasteiger partial charge in [0, 0.05) is 36.4 Å². The monoisotopic (exact) mass is 294 g/mol. The van der Waals surface area contributed by atoms with Crippen molar-refractivity contribution in [1.82, 2.24) is 4.90 Å². The zero-order valence-electron chi connectivity index (χ0n) is 12.7. The van der Waals surface area contributed by atoms with Gasteiger partial charge in [0.1, 0.15) is 0 Å². The third-order valence-corrected chi connectivity index (χ3v) is 4.23. The van der Waals surface area contributed by atoms with E-state index in [2.05, 4.69) is 30.1 Å². The van der Waals surface area contributed by atoms with Gasteiger partial charge in [-0.3, -0.25) is 4.90 Å². The average Bonchev–Trinajstić information content (AvgIpc) is 2.91. The first-order chi connectivity index (χ1) is 9.65. The molecule has 1 aromatic carbocycles. The van der Waals surface area contributed by atoms with Crippen LogP contribution >= 0.6 is 11.6 Å². The molecule has 2 nitrogen and oxygen atoms in total. The zero-order valence-corrected chi connectivity index (χ0v) is 13.5. The van der Waals surface area contributed by atoms with Gasteiger partial charge >= 0.3 is 0 Å². The van der Waals surface area contributed by atoms with Gasteiger partial charge in [-0.2, -0.15) is 0 Å². The topological polar surface area (TPSA) is 15.3 Å². The third-order valence-electron chi connectivity index (χ3n) is 3.99. The number of nitrogens with one attached hydrogen (secondary N) is 1. The van der Waals surface area contributed by atoms with E-state index in [1.807, 2.05) is 18.2 Å². The minimum Gasteiger partial charge on any atom is -0.384 e. The summed E-state index contributed by atoms with van der Waals surface area (Å²) >= 11 is 6.01. The second-order valence-electron chi connectivity index (χ2n) is 6.26. The lowest BCUT2D eigenvalue weighted by Gasteiger charge is -2.30. The van der Waals surface area contributed by atoms with E-state index >= 15 is 0 Å². The first-order valence-electron chi connectivity index (χ1n) is 7.88. The summed E-state index contributed by atoms with van der Waals surface area (Å²) in [7, 11) is 0. The summed E-state index contributed by atoms with van der Waals surface area (Å²) in [5, 5.41) is 4.28. The molecule has 20 heavy (non-hydrogen) atoms. The van der Waals surface area contributed by atoms with Crippen LogP contribution in [0.2, 0.25) is 5.02 Å². The van der Waals surface area contributed by atoms with Crippen molar-refractivity contribution < 1.29 is 0 Å². The number of halogens is 1. The predicted molar refractivity (Wildman–Crippen MR) is 88.6 cm³/mol. The summed E-state index contributed by atoms with van der Waals surface area (Å²) < 4.78 is 0. The molecule has 0 atom stereocenters. The Labute approximate surface area is 128 Å². The van der Waals surface area contributed by atoms with Crippen LogP contribution in [0.1, 0.15) is 39.5 Å². The maximum absolute atomic E-state index is 6.01. The number of hydrogen-bond acceptors (Lipinski definition) is 2. The maximum atomic E-state index is 6.01. The minimum absolute atomic E-state index is 0.738. The van der Waals surface area contributed by atoms with Crippen molar-refractivity contribution in [2.24, 2.45) is 5.92 Å². The number of anilines is 1. The molecule has 0 spiro atoms. The molecule has 112 valence electrons. The van der Waals surface area contributed by atoms with Crippen LogP contribution in [0.15, 0.2) is 24.3 Å². The van der Waals surface area contributed by atoms with Crippen molar-refractivity contribution in [3.05, 3.63) is 29.3 Å². The second-order valence-corrected chi connectivity index (χ2v) is 6.70. The second kappa shape index (κ2) is 7.90. The minimum atomic E-state index is 0.738. The molecule has 0 heterocycles. The zero-order chi connectivity index (χ0) is 14.4. The molecule has 1 fully saturated rings. The van der Waals surface area contributed by atoms with Crippen LogP contribution < -0.4 is 5.32 Å². The number of rotatable bonds is 7. The summed E-state index contributed by atoms with van der Waals surface area (Å²) in [6.07, 6.45) is 5.57. The standard InChI is InChI=1S/C17H27ClN2/c1-14(2)13-20(17-8-3-4-9-17)11-10-19-16-7-5-6-15(18)12-16/h5-7,12,14,17,19H,3-4,8-11,13H2,1-2H3. The van der Waals surface area contributed by atoms with Crippen LogP contribution in [0, 0.1) is 5.92 Å². The van der Waals surface area contributed by atoms with Crippen LogP contribution in [0.5, 0.6) is 0 Å². The van der Waals surface area contributed by atoms with Crippen molar-refractivity contribution in [3.63, 3.8) is 0 Å². The summed E-state index contributed by atoms with van der Waals surface area (Å²) in [6.45, 7) is 7.94. The van der Waals surface area contributed by atoms with Crippen molar-refractivity contribution in [2.75, 3.05) is 25.0 Å². The number of benzene rings is 1. The maximum Gasteiger partial charge on any atom is 0.0426 e. The highest BCUT2D eigenvalue weighted by Gasteiger charge is 2.22. The summed E-state index contributed by atoms with van der Waals surface area (Å²) in [4.78, 5) is 2.68. The molecular weight excluding hydrogens is 268 g/mol. The van der Waals surface area contributed by atoms with Gasteiger partial charge in [-0.15, -0.1) is 0 Å². The van der Waals surface area contributed by atoms with E-state index in [1.165, 1.54) is 32.2 Å². The highest BCUT2D eigenvalue weighted by Crippen LogP contribution is 2.24. The summed E-state index contributed by atoms with van der Waals surface area (Å²) in [5.41, 5.74) is 1.12. The molecule has 0 radical (unpaired) electrons. The largest absolute Gasteiger partial charge is 0.384 e. The molecule has 3 heteroatoms. The highest BCUT2D eigenvalue weighted by atomic mass is 35.5. The molecule has 0 saturated heterocycles. The lowest BCUT2D eigenvalue weighted by Crippen LogP contribution is -2.39. The summed E-state index contributed by atoms with van der Waals surface area (Å²) in [5.74, 6) is 0.738. The van der Waals surface area contributed by atoms with Crippen LogP contribution in [-0.4, -0.2) is 30.6 Å². The Bertz CT molecular complexity index is 400. The van der Waals surface area contributed by atoms with Gasteiger partial charge in [0.15, 0.2) is 0 Å². The normalized spacial score (nSPS) is 16.2. The van der Waals surface area contributed by atoms with E-state index in [9.17, 15) is 0 Å². The lowest BCUT2D eigenvalue weighted by atomic mass is 10.1. The van der Waals surface area contributed by atoms with E-state index in [1.54, 1.807) is 0 Å². The van der Waals surface area contributed by atoms with Crippen LogP contribution in [-0.2, 0) is 0 Å². The summed E-state index contributed by atoms with van der Waals surface area (Å²) in [6, 6.07) is 8.78. The van der Waals surface area contributed by atoms with E-state index in [-0.39, 0.29) is 0 Å².